The lowest BCUT2D eigenvalue weighted by molar-refractivity contribution is -0.172. The van der Waals surface area contributed by atoms with E-state index in [2.05, 4.69) is 20.3 Å². The molecule has 0 spiro atoms. The molecule has 2 N–H and O–H groups in total. The number of aromatic nitrogens is 4. The Morgan fingerprint density at radius 1 is 0.865 bits per heavy atom. The maximum absolute atomic E-state index is 13.0. The van der Waals surface area contributed by atoms with Gasteiger partial charge in [-0.3, -0.25) is 9.36 Å². The Morgan fingerprint density at radius 2 is 1.48 bits per heavy atom. The number of aliphatic hydroxyl groups excluding tert-OH is 1. The highest BCUT2D eigenvalue weighted by Crippen LogP contribution is 2.48. The average Bonchev–Trinajstić information content (AvgIpc) is 3.68. The number of carbonyl (C=O) groups is 1. The van der Waals surface area contributed by atoms with Gasteiger partial charge in [0.1, 0.15) is 41.2 Å². The van der Waals surface area contributed by atoms with E-state index in [-0.39, 0.29) is 18.3 Å². The fraction of sp³-hybridized carbons (Fsp3) is 0.250. The summed E-state index contributed by atoms with van der Waals surface area (Å²) < 4.78 is 32.9. The van der Waals surface area contributed by atoms with E-state index in [1.807, 2.05) is 84.9 Å². The molecule has 12 nitrogen and oxygen atoms in total. The lowest BCUT2D eigenvalue weighted by Gasteiger charge is -2.41. The number of ether oxygens (including phenoxy) is 5. The highest BCUT2D eigenvalue weighted by atomic mass is 16.6. The summed E-state index contributed by atoms with van der Waals surface area (Å²) >= 11 is 0. The first kappa shape index (κ1) is 33.5. The van der Waals surface area contributed by atoms with Crippen LogP contribution in [0, 0.1) is 0 Å². The Labute approximate surface area is 299 Å². The second-order valence-electron chi connectivity index (χ2n) is 12.8. The molecule has 4 aromatic carbocycles. The number of amides is 1. The van der Waals surface area contributed by atoms with Gasteiger partial charge in [-0.15, -0.1) is 0 Å². The molecule has 0 saturated carbocycles. The van der Waals surface area contributed by atoms with Gasteiger partial charge in [-0.05, 0) is 53.1 Å². The quantitative estimate of drug-likeness (QED) is 0.166. The number of nitrogens with one attached hydrogen (secondary N) is 1. The molecule has 2 fully saturated rings. The van der Waals surface area contributed by atoms with Gasteiger partial charge in [-0.25, -0.2) is 15.0 Å². The molecule has 4 atom stereocenters. The predicted molar refractivity (Wildman–Crippen MR) is 191 cm³/mol. The Balaban J connectivity index is 1.15. The summed E-state index contributed by atoms with van der Waals surface area (Å²) in [4.78, 5) is 26.3. The number of fused-ring (bicyclic) bond motifs is 3. The molecule has 0 aliphatic carbocycles. The van der Waals surface area contributed by atoms with Crippen molar-refractivity contribution in [3.05, 3.63) is 144 Å². The van der Waals surface area contributed by atoms with E-state index in [1.54, 1.807) is 49.4 Å². The van der Waals surface area contributed by atoms with E-state index in [0.717, 1.165) is 16.7 Å². The molecule has 2 aliphatic rings. The molecule has 52 heavy (non-hydrogen) atoms. The molecule has 8 rings (SSSR count). The predicted octanol–water partition coefficient (Wildman–Crippen LogP) is 5.52. The summed E-state index contributed by atoms with van der Waals surface area (Å²) in [6.45, 7) is 0.350. The van der Waals surface area contributed by atoms with Gasteiger partial charge in [0.25, 0.3) is 5.91 Å². The van der Waals surface area contributed by atoms with Crippen molar-refractivity contribution in [3.63, 3.8) is 0 Å². The van der Waals surface area contributed by atoms with Crippen molar-refractivity contribution >= 4 is 22.9 Å². The van der Waals surface area contributed by atoms with Gasteiger partial charge in [-0.1, -0.05) is 72.8 Å². The van der Waals surface area contributed by atoms with Crippen LogP contribution in [0.1, 0.15) is 39.7 Å². The molecular formula is C40H37N5O7. The maximum atomic E-state index is 13.0. The average molecular weight is 700 g/mol. The van der Waals surface area contributed by atoms with E-state index in [0.29, 0.717) is 41.3 Å². The summed E-state index contributed by atoms with van der Waals surface area (Å²) in [5.41, 5.74) is 1.60. The van der Waals surface area contributed by atoms with Crippen LogP contribution < -0.4 is 14.8 Å². The fourth-order valence-electron chi connectivity index (χ4n) is 7.19. The number of carbonyl (C=O) groups excluding carboxylic acids is 1. The number of hydrogen-bond acceptors (Lipinski definition) is 10. The van der Waals surface area contributed by atoms with Crippen molar-refractivity contribution in [1.82, 2.24) is 19.5 Å². The molecule has 1 amide bonds. The molecule has 0 unspecified atom stereocenters. The van der Waals surface area contributed by atoms with Crippen LogP contribution in [0.4, 0.5) is 5.82 Å². The van der Waals surface area contributed by atoms with Crippen molar-refractivity contribution in [1.29, 1.82) is 0 Å². The molecule has 0 radical (unpaired) electrons. The van der Waals surface area contributed by atoms with Gasteiger partial charge < -0.3 is 34.1 Å². The van der Waals surface area contributed by atoms with Gasteiger partial charge in [0.15, 0.2) is 23.2 Å². The van der Waals surface area contributed by atoms with E-state index in [4.69, 9.17) is 23.7 Å². The summed E-state index contributed by atoms with van der Waals surface area (Å²) in [5.74, 6) is 1.35. The van der Waals surface area contributed by atoms with E-state index >= 15 is 0 Å². The van der Waals surface area contributed by atoms with Gasteiger partial charge in [-0.2, -0.15) is 0 Å². The van der Waals surface area contributed by atoms with Gasteiger partial charge in [0.2, 0.25) is 0 Å². The first-order valence-corrected chi connectivity index (χ1v) is 17.0. The van der Waals surface area contributed by atoms with Crippen LogP contribution in [0.2, 0.25) is 0 Å². The van der Waals surface area contributed by atoms with Gasteiger partial charge in [0.05, 0.1) is 33.8 Å². The van der Waals surface area contributed by atoms with Crippen molar-refractivity contribution in [2.75, 3.05) is 32.8 Å². The minimum Gasteiger partial charge on any atom is -0.497 e. The minimum absolute atomic E-state index is 0.0114. The largest absolute Gasteiger partial charge is 0.497 e. The third-order valence-electron chi connectivity index (χ3n) is 9.93. The number of methoxy groups -OCH3 is 2. The van der Waals surface area contributed by atoms with Crippen LogP contribution in [0.5, 0.6) is 11.5 Å². The minimum atomic E-state index is -1.15. The second-order valence-corrected chi connectivity index (χ2v) is 12.8. The normalized spacial score (nSPS) is 21.2. The number of benzene rings is 4. The van der Waals surface area contributed by atoms with Crippen LogP contribution in [-0.2, 0) is 19.8 Å². The maximum Gasteiger partial charge on any atom is 0.256 e. The fourth-order valence-corrected chi connectivity index (χ4v) is 7.19. The molecule has 2 bridgehead atoms. The number of rotatable bonds is 11. The lowest BCUT2D eigenvalue weighted by Crippen LogP contribution is -2.53. The van der Waals surface area contributed by atoms with E-state index in [9.17, 15) is 9.90 Å². The number of aliphatic hydroxyl groups is 1. The third kappa shape index (κ3) is 5.75. The molecule has 2 saturated heterocycles. The van der Waals surface area contributed by atoms with Crippen molar-refractivity contribution in [2.24, 2.45) is 0 Å². The summed E-state index contributed by atoms with van der Waals surface area (Å²) in [6, 6.07) is 34.4. The lowest BCUT2D eigenvalue weighted by atomic mass is 9.79. The molecular weight excluding hydrogens is 662 g/mol. The van der Waals surface area contributed by atoms with Crippen molar-refractivity contribution < 1.29 is 33.6 Å². The van der Waals surface area contributed by atoms with Crippen LogP contribution in [0.25, 0.3) is 11.2 Å². The van der Waals surface area contributed by atoms with E-state index in [1.165, 1.54) is 6.33 Å². The zero-order valence-electron chi connectivity index (χ0n) is 28.6. The summed E-state index contributed by atoms with van der Waals surface area (Å²) in [5, 5.41) is 14.8. The topological polar surface area (TPSA) is 139 Å². The third-order valence-corrected chi connectivity index (χ3v) is 9.93. The van der Waals surface area contributed by atoms with Crippen LogP contribution >= 0.6 is 0 Å². The molecule has 4 heterocycles. The molecule has 2 aliphatic heterocycles. The highest BCUT2D eigenvalue weighted by molar-refractivity contribution is 6.06. The first-order chi connectivity index (χ1) is 25.5. The Kier molecular flexibility index (Phi) is 8.89. The molecule has 6 aromatic rings. The Bertz CT molecular complexity index is 2120. The number of anilines is 1. The monoisotopic (exact) mass is 699 g/mol. The van der Waals surface area contributed by atoms with Crippen LogP contribution in [0.15, 0.2) is 122 Å². The van der Waals surface area contributed by atoms with Crippen molar-refractivity contribution in [3.8, 4) is 11.5 Å². The van der Waals surface area contributed by atoms with Crippen LogP contribution in [-0.4, -0.2) is 75.8 Å². The SMILES string of the molecule is COc1ccc(C(OC[C@@]23CCO[C@@H]([C@H](n4cnc5c(NC(=O)c6ccccc6)ncnc54)O2)[C@@H]3O)(c2ccccc2)c2ccc(OC)cc2)cc1. The number of imidazole rings is 1. The standard InChI is InChI=1S/C40H37N5O7/c1-48-30-17-13-28(14-18-30)40(27-11-7-4-8-12-27,29-15-19-31(49-2)20-16-29)51-23-39-21-22-50-33(34(39)46)38(52-39)45-25-43-32-35(41-24-42-36(32)45)44-37(47)26-9-5-3-6-10-26/h3-20,24-25,33-34,38,46H,21-23H2,1-2H3,(H,41,42,44,47)/t33-,34+,38-,39-/m1/s1. The zero-order chi connectivity index (χ0) is 35.7. The van der Waals surface area contributed by atoms with Gasteiger partial charge in [0, 0.05) is 12.0 Å². The Morgan fingerprint density at radius 3 is 2.12 bits per heavy atom. The highest BCUT2D eigenvalue weighted by Gasteiger charge is 2.60. The molecule has 264 valence electrons. The van der Waals surface area contributed by atoms with Crippen molar-refractivity contribution in [2.45, 2.75) is 36.1 Å². The molecule has 12 heteroatoms. The van der Waals surface area contributed by atoms with Gasteiger partial charge >= 0.3 is 0 Å². The summed E-state index contributed by atoms with van der Waals surface area (Å²) in [7, 11) is 3.26. The molecule has 2 aromatic heterocycles. The number of hydrogen-bond donors (Lipinski definition) is 2. The van der Waals surface area contributed by atoms with E-state index < -0.39 is 29.6 Å². The van der Waals surface area contributed by atoms with Crippen LogP contribution in [0.3, 0.4) is 0 Å². The number of nitrogens with zero attached hydrogens (tertiary/aromatic N) is 4. The summed E-state index contributed by atoms with van der Waals surface area (Å²) in [6.07, 6.45) is 0.694. The zero-order valence-corrected chi connectivity index (χ0v) is 28.6. The first-order valence-electron chi connectivity index (χ1n) is 17.0. The smallest absolute Gasteiger partial charge is 0.256 e. The second kappa shape index (κ2) is 13.8. The Hall–Kier alpha value is -5.66.